The molecular formula is C18H34N2O2. The molecule has 0 aromatic carbocycles. The van der Waals surface area contributed by atoms with E-state index in [-0.39, 0.29) is 5.41 Å². The molecule has 0 amide bonds. The first-order chi connectivity index (χ1) is 10.6. The summed E-state index contributed by atoms with van der Waals surface area (Å²) in [6.07, 6.45) is 7.81. The van der Waals surface area contributed by atoms with E-state index in [1.54, 1.807) is 0 Å². The van der Waals surface area contributed by atoms with Crippen molar-refractivity contribution in [2.24, 2.45) is 11.3 Å². The molecule has 1 saturated carbocycles. The van der Waals surface area contributed by atoms with Gasteiger partial charge in [0.15, 0.2) is 0 Å². The van der Waals surface area contributed by atoms with Crippen LogP contribution in [0.25, 0.3) is 0 Å². The monoisotopic (exact) mass is 310 g/mol. The van der Waals surface area contributed by atoms with Crippen LogP contribution >= 0.6 is 0 Å². The first-order valence-electron chi connectivity index (χ1n) is 9.31. The van der Waals surface area contributed by atoms with E-state index in [0.717, 1.165) is 19.6 Å². The van der Waals surface area contributed by atoms with Gasteiger partial charge in [0.1, 0.15) is 0 Å². The van der Waals surface area contributed by atoms with E-state index in [9.17, 15) is 5.11 Å². The molecule has 1 aliphatic carbocycles. The molecule has 128 valence electrons. The molecule has 0 aromatic heterocycles. The highest BCUT2D eigenvalue weighted by Gasteiger charge is 2.40. The smallest absolute Gasteiger partial charge is 0.0702 e. The van der Waals surface area contributed by atoms with E-state index in [1.165, 1.54) is 45.2 Å². The number of hydrogen-bond donors (Lipinski definition) is 2. The Hall–Kier alpha value is -0.160. The van der Waals surface area contributed by atoms with Gasteiger partial charge in [0.2, 0.25) is 0 Å². The number of nitrogens with one attached hydrogen (secondary N) is 1. The number of rotatable bonds is 5. The van der Waals surface area contributed by atoms with Crippen LogP contribution in [0.1, 0.15) is 52.4 Å². The number of hydrogen-bond acceptors (Lipinski definition) is 4. The molecule has 2 saturated heterocycles. The van der Waals surface area contributed by atoms with Crippen molar-refractivity contribution in [1.82, 2.24) is 10.2 Å². The molecule has 3 rings (SSSR count). The molecule has 3 aliphatic rings. The van der Waals surface area contributed by atoms with Gasteiger partial charge in [-0.3, -0.25) is 0 Å². The van der Waals surface area contributed by atoms with Gasteiger partial charge in [-0.15, -0.1) is 0 Å². The summed E-state index contributed by atoms with van der Waals surface area (Å²) in [5.41, 5.74) is 0.0918. The second-order valence-corrected chi connectivity index (χ2v) is 8.19. The van der Waals surface area contributed by atoms with Crippen LogP contribution in [0.3, 0.4) is 0 Å². The molecular weight excluding hydrogens is 276 g/mol. The van der Waals surface area contributed by atoms with Gasteiger partial charge < -0.3 is 20.1 Å². The van der Waals surface area contributed by atoms with Crippen LogP contribution < -0.4 is 5.32 Å². The van der Waals surface area contributed by atoms with Gasteiger partial charge in [-0.25, -0.2) is 0 Å². The highest BCUT2D eigenvalue weighted by atomic mass is 16.5. The summed E-state index contributed by atoms with van der Waals surface area (Å²) in [4.78, 5) is 2.60. The summed E-state index contributed by atoms with van der Waals surface area (Å²) in [5.74, 6) is 0.679. The third kappa shape index (κ3) is 3.66. The fourth-order valence-corrected chi connectivity index (χ4v) is 4.69. The Labute approximate surface area is 135 Å². The maximum Gasteiger partial charge on any atom is 0.0702 e. The summed E-state index contributed by atoms with van der Waals surface area (Å²) in [5, 5.41) is 13.6. The number of ether oxygens (including phenoxy) is 1. The number of aliphatic hydroxyl groups is 1. The van der Waals surface area contributed by atoms with Crippen LogP contribution in [0.15, 0.2) is 0 Å². The summed E-state index contributed by atoms with van der Waals surface area (Å²) in [6.45, 7) is 9.38. The zero-order valence-corrected chi connectivity index (χ0v) is 14.4. The maximum absolute atomic E-state index is 9.73. The molecule has 2 N–H and O–H groups in total. The fraction of sp³-hybridized carbons (Fsp3) is 1.00. The van der Waals surface area contributed by atoms with Crippen LogP contribution in [0.5, 0.6) is 0 Å². The molecule has 3 fully saturated rings. The lowest BCUT2D eigenvalue weighted by Gasteiger charge is -2.41. The topological polar surface area (TPSA) is 44.7 Å². The maximum atomic E-state index is 9.73. The average molecular weight is 310 g/mol. The lowest BCUT2D eigenvalue weighted by Crippen LogP contribution is -2.55. The second kappa shape index (κ2) is 7.16. The fourth-order valence-electron chi connectivity index (χ4n) is 4.69. The highest BCUT2D eigenvalue weighted by Crippen LogP contribution is 2.38. The van der Waals surface area contributed by atoms with Gasteiger partial charge >= 0.3 is 0 Å². The van der Waals surface area contributed by atoms with E-state index in [1.807, 2.05) is 0 Å². The van der Waals surface area contributed by atoms with Crippen molar-refractivity contribution in [2.45, 2.75) is 70.6 Å². The molecule has 4 heteroatoms. The normalized spacial score (nSPS) is 43.8. The molecule has 2 aliphatic heterocycles. The zero-order chi connectivity index (χ0) is 15.6. The van der Waals surface area contributed by atoms with Crippen molar-refractivity contribution < 1.29 is 9.84 Å². The molecule has 4 nitrogen and oxygen atoms in total. The van der Waals surface area contributed by atoms with Gasteiger partial charge in [-0.05, 0) is 44.6 Å². The van der Waals surface area contributed by atoms with Crippen molar-refractivity contribution in [3.8, 4) is 0 Å². The first kappa shape index (κ1) is 16.7. The van der Waals surface area contributed by atoms with Crippen LogP contribution in [0, 0.1) is 11.3 Å². The predicted octanol–water partition coefficient (Wildman–Crippen LogP) is 2.02. The van der Waals surface area contributed by atoms with Crippen LogP contribution in [-0.2, 0) is 4.74 Å². The molecule has 2 heterocycles. The zero-order valence-electron chi connectivity index (χ0n) is 14.4. The van der Waals surface area contributed by atoms with Crippen molar-refractivity contribution in [2.75, 3.05) is 32.8 Å². The largest absolute Gasteiger partial charge is 0.396 e. The van der Waals surface area contributed by atoms with E-state index in [4.69, 9.17) is 4.74 Å². The predicted molar refractivity (Wildman–Crippen MR) is 89.0 cm³/mol. The summed E-state index contributed by atoms with van der Waals surface area (Å²) in [7, 11) is 0. The molecule has 0 unspecified atom stereocenters. The minimum absolute atomic E-state index is 0.0918. The first-order valence-corrected chi connectivity index (χ1v) is 9.31. The third-order valence-corrected chi connectivity index (χ3v) is 6.33. The summed E-state index contributed by atoms with van der Waals surface area (Å²) in [6, 6.07) is 1.10. The average Bonchev–Trinajstić information content (AvgIpc) is 3.13. The van der Waals surface area contributed by atoms with Crippen LogP contribution in [0.2, 0.25) is 0 Å². The highest BCUT2D eigenvalue weighted by molar-refractivity contribution is 4.96. The molecule has 22 heavy (non-hydrogen) atoms. The van der Waals surface area contributed by atoms with Crippen LogP contribution in [-0.4, -0.2) is 61.0 Å². The quantitative estimate of drug-likeness (QED) is 0.815. The molecule has 0 radical (unpaired) electrons. The lowest BCUT2D eigenvalue weighted by atomic mass is 9.83. The standard InChI is InChI=1S/C18H34N2O2/c1-14-11-20(12-15-5-4-10-22-15)9-7-16(14)19-17-6-3-8-18(17,2)13-21/h14-17,19,21H,3-13H2,1-2H3/t14-,15+,16+,17-,18-/m1/s1. The lowest BCUT2D eigenvalue weighted by molar-refractivity contribution is 0.0445. The van der Waals surface area contributed by atoms with Gasteiger partial charge in [-0.2, -0.15) is 0 Å². The van der Waals surface area contributed by atoms with Gasteiger partial charge in [0.05, 0.1) is 6.10 Å². The molecule has 0 aromatic rings. The molecule has 0 spiro atoms. The third-order valence-electron chi connectivity index (χ3n) is 6.33. The van der Waals surface area contributed by atoms with E-state index in [2.05, 4.69) is 24.1 Å². The number of piperidine rings is 1. The Balaban J connectivity index is 1.48. The Morgan fingerprint density at radius 3 is 2.82 bits per heavy atom. The Bertz CT molecular complexity index is 359. The molecule has 5 atom stereocenters. The Morgan fingerprint density at radius 2 is 2.14 bits per heavy atom. The van der Waals surface area contributed by atoms with Crippen molar-refractivity contribution in [3.63, 3.8) is 0 Å². The van der Waals surface area contributed by atoms with Crippen molar-refractivity contribution in [1.29, 1.82) is 0 Å². The molecule has 0 bridgehead atoms. The minimum Gasteiger partial charge on any atom is -0.396 e. The van der Waals surface area contributed by atoms with Crippen molar-refractivity contribution in [3.05, 3.63) is 0 Å². The van der Waals surface area contributed by atoms with Gasteiger partial charge in [0.25, 0.3) is 0 Å². The SMILES string of the molecule is C[C@@H]1CN(C[C@@H]2CCCO2)CC[C@@H]1N[C@@H]1CCC[C@]1(C)CO. The minimum atomic E-state index is 0.0918. The number of aliphatic hydroxyl groups excluding tert-OH is 1. The van der Waals surface area contributed by atoms with Gasteiger partial charge in [0, 0.05) is 43.8 Å². The summed E-state index contributed by atoms with van der Waals surface area (Å²) < 4.78 is 5.78. The number of likely N-dealkylation sites (tertiary alicyclic amines) is 1. The van der Waals surface area contributed by atoms with E-state index < -0.39 is 0 Å². The van der Waals surface area contributed by atoms with E-state index in [0.29, 0.717) is 30.7 Å². The summed E-state index contributed by atoms with van der Waals surface area (Å²) >= 11 is 0. The second-order valence-electron chi connectivity index (χ2n) is 8.19. The Kier molecular flexibility index (Phi) is 5.43. The van der Waals surface area contributed by atoms with E-state index >= 15 is 0 Å². The van der Waals surface area contributed by atoms with Gasteiger partial charge in [-0.1, -0.05) is 20.3 Å². The number of nitrogens with zero attached hydrogens (tertiary/aromatic N) is 1. The Morgan fingerprint density at radius 1 is 1.27 bits per heavy atom. The van der Waals surface area contributed by atoms with Crippen LogP contribution in [0.4, 0.5) is 0 Å². The van der Waals surface area contributed by atoms with Crippen molar-refractivity contribution >= 4 is 0 Å².